The molecule has 0 amide bonds. The summed E-state index contributed by atoms with van der Waals surface area (Å²) in [6.45, 7) is -0.141. The summed E-state index contributed by atoms with van der Waals surface area (Å²) in [5, 5.41) is 21.0. The highest BCUT2D eigenvalue weighted by Crippen LogP contribution is 2.27. The average molecular weight is 228 g/mol. The van der Waals surface area contributed by atoms with Gasteiger partial charge in [0, 0.05) is 7.11 Å². The van der Waals surface area contributed by atoms with Crippen LogP contribution in [0, 0.1) is 20.2 Å². The summed E-state index contributed by atoms with van der Waals surface area (Å²) in [6.07, 6.45) is 0. The Bertz CT molecular complexity index is 387. The van der Waals surface area contributed by atoms with Crippen molar-refractivity contribution in [2.75, 3.05) is 13.9 Å². The van der Waals surface area contributed by atoms with Crippen LogP contribution in [-0.4, -0.2) is 23.7 Å². The number of rotatable bonds is 5. The van der Waals surface area contributed by atoms with Crippen LogP contribution in [0.15, 0.2) is 18.2 Å². The largest absolute Gasteiger partial charge is 0.467 e. The highest BCUT2D eigenvalue weighted by molar-refractivity contribution is 5.49. The number of methoxy groups -OCH3 is 1. The molecule has 0 saturated heterocycles. The van der Waals surface area contributed by atoms with E-state index in [9.17, 15) is 20.2 Å². The van der Waals surface area contributed by atoms with E-state index in [0.29, 0.717) is 0 Å². The van der Waals surface area contributed by atoms with E-state index in [4.69, 9.17) is 4.74 Å². The highest BCUT2D eigenvalue weighted by Gasteiger charge is 2.16. The predicted octanol–water partition coefficient (Wildman–Crippen LogP) is 1.49. The lowest BCUT2D eigenvalue weighted by molar-refractivity contribution is -0.394. The Morgan fingerprint density at radius 3 is 2.00 bits per heavy atom. The highest BCUT2D eigenvalue weighted by atomic mass is 16.7. The maximum absolute atomic E-state index is 10.5. The van der Waals surface area contributed by atoms with Crippen LogP contribution in [0.5, 0.6) is 5.75 Å². The first-order valence-corrected chi connectivity index (χ1v) is 4.10. The number of non-ortho nitro benzene ring substituents is 2. The third kappa shape index (κ3) is 2.89. The molecule has 0 radical (unpaired) electrons. The summed E-state index contributed by atoms with van der Waals surface area (Å²) in [6, 6.07) is 3.04. The first-order chi connectivity index (χ1) is 7.54. The molecule has 0 heterocycles. The molecule has 0 unspecified atom stereocenters. The molecular weight excluding hydrogens is 220 g/mol. The second-order valence-electron chi connectivity index (χ2n) is 2.75. The van der Waals surface area contributed by atoms with E-state index in [-0.39, 0.29) is 12.5 Å². The van der Waals surface area contributed by atoms with Crippen molar-refractivity contribution in [1.29, 1.82) is 0 Å². The van der Waals surface area contributed by atoms with Crippen LogP contribution in [0.1, 0.15) is 0 Å². The molecule has 0 spiro atoms. The molecule has 16 heavy (non-hydrogen) atoms. The molecule has 0 aromatic heterocycles. The van der Waals surface area contributed by atoms with E-state index < -0.39 is 21.2 Å². The van der Waals surface area contributed by atoms with E-state index >= 15 is 0 Å². The second kappa shape index (κ2) is 5.03. The maximum atomic E-state index is 10.5. The van der Waals surface area contributed by atoms with Gasteiger partial charge in [-0.15, -0.1) is 0 Å². The SMILES string of the molecule is COCOc1cc([N+](=O)[O-])cc([N+](=O)[O-])c1. The monoisotopic (exact) mass is 228 g/mol. The Morgan fingerprint density at radius 1 is 1.12 bits per heavy atom. The van der Waals surface area contributed by atoms with Gasteiger partial charge < -0.3 is 9.47 Å². The molecule has 0 bridgehead atoms. The van der Waals surface area contributed by atoms with Crippen LogP contribution in [-0.2, 0) is 4.74 Å². The van der Waals surface area contributed by atoms with Crippen molar-refractivity contribution in [3.8, 4) is 5.75 Å². The Morgan fingerprint density at radius 2 is 1.62 bits per heavy atom. The zero-order valence-corrected chi connectivity index (χ0v) is 8.28. The Balaban J connectivity index is 3.08. The van der Waals surface area contributed by atoms with Crippen molar-refractivity contribution >= 4 is 11.4 Å². The summed E-state index contributed by atoms with van der Waals surface area (Å²) in [4.78, 5) is 19.5. The Hall–Kier alpha value is -2.22. The summed E-state index contributed by atoms with van der Waals surface area (Å²) < 4.78 is 9.49. The number of hydrogen-bond acceptors (Lipinski definition) is 6. The predicted molar refractivity (Wildman–Crippen MR) is 52.3 cm³/mol. The van der Waals surface area contributed by atoms with Crippen LogP contribution in [0.4, 0.5) is 11.4 Å². The molecule has 1 aromatic rings. The summed E-state index contributed by atoms with van der Waals surface area (Å²) in [5.41, 5.74) is -0.805. The molecule has 8 nitrogen and oxygen atoms in total. The van der Waals surface area contributed by atoms with Crippen LogP contribution in [0.3, 0.4) is 0 Å². The van der Waals surface area contributed by atoms with Crippen molar-refractivity contribution in [3.05, 3.63) is 38.4 Å². The molecule has 1 aromatic carbocycles. The van der Waals surface area contributed by atoms with E-state index in [1.165, 1.54) is 7.11 Å². The van der Waals surface area contributed by atoms with Gasteiger partial charge in [-0.1, -0.05) is 0 Å². The van der Waals surface area contributed by atoms with Crippen molar-refractivity contribution in [1.82, 2.24) is 0 Å². The van der Waals surface area contributed by atoms with Gasteiger partial charge in [0.05, 0.1) is 28.0 Å². The van der Waals surface area contributed by atoms with Gasteiger partial charge in [0.15, 0.2) is 6.79 Å². The minimum absolute atomic E-state index is 0.0164. The third-order valence-corrected chi connectivity index (χ3v) is 1.64. The van der Waals surface area contributed by atoms with Gasteiger partial charge in [-0.2, -0.15) is 0 Å². The fraction of sp³-hybridized carbons (Fsp3) is 0.250. The van der Waals surface area contributed by atoms with E-state index in [1.54, 1.807) is 0 Å². The van der Waals surface area contributed by atoms with Gasteiger partial charge in [-0.05, 0) is 0 Å². The summed E-state index contributed by atoms with van der Waals surface area (Å²) in [5.74, 6) is 0.0164. The molecule has 0 aliphatic rings. The zero-order chi connectivity index (χ0) is 12.1. The van der Waals surface area contributed by atoms with Crippen molar-refractivity contribution in [3.63, 3.8) is 0 Å². The maximum Gasteiger partial charge on any atom is 0.280 e. The minimum Gasteiger partial charge on any atom is -0.467 e. The number of nitro groups is 2. The van der Waals surface area contributed by atoms with Gasteiger partial charge in [0.1, 0.15) is 5.75 Å². The second-order valence-corrected chi connectivity index (χ2v) is 2.75. The lowest BCUT2D eigenvalue weighted by Crippen LogP contribution is -2.00. The normalized spacial score (nSPS) is 9.81. The smallest absolute Gasteiger partial charge is 0.280 e. The zero-order valence-electron chi connectivity index (χ0n) is 8.28. The van der Waals surface area contributed by atoms with Gasteiger partial charge in [-0.3, -0.25) is 20.2 Å². The molecule has 0 aliphatic heterocycles. The number of hydrogen-bond donors (Lipinski definition) is 0. The molecule has 0 atom stereocenters. The van der Waals surface area contributed by atoms with Gasteiger partial charge >= 0.3 is 0 Å². The lowest BCUT2D eigenvalue weighted by Gasteiger charge is -2.03. The van der Waals surface area contributed by atoms with E-state index in [1.807, 2.05) is 0 Å². The number of nitrogens with zero attached hydrogens (tertiary/aromatic N) is 2. The molecule has 1 rings (SSSR count). The third-order valence-electron chi connectivity index (χ3n) is 1.64. The van der Waals surface area contributed by atoms with E-state index in [0.717, 1.165) is 18.2 Å². The minimum atomic E-state index is -0.730. The standard InChI is InChI=1S/C8H8N2O6/c1-15-5-16-8-3-6(9(11)12)2-7(4-8)10(13)14/h2-4H,5H2,1H3. The molecule has 8 heteroatoms. The molecule has 0 aliphatic carbocycles. The molecule has 86 valence electrons. The first-order valence-electron chi connectivity index (χ1n) is 4.10. The summed E-state index contributed by atoms with van der Waals surface area (Å²) in [7, 11) is 1.37. The van der Waals surface area contributed by atoms with Crippen LogP contribution in [0.2, 0.25) is 0 Å². The van der Waals surface area contributed by atoms with E-state index in [2.05, 4.69) is 4.74 Å². The molecular formula is C8H8N2O6. The van der Waals surface area contributed by atoms with Crippen molar-refractivity contribution in [2.45, 2.75) is 0 Å². The molecule has 0 fully saturated rings. The molecule has 0 N–H and O–H groups in total. The Kier molecular flexibility index (Phi) is 3.72. The number of nitro benzene ring substituents is 2. The quantitative estimate of drug-likeness (QED) is 0.429. The lowest BCUT2D eigenvalue weighted by atomic mass is 10.2. The first kappa shape index (κ1) is 11.9. The van der Waals surface area contributed by atoms with Gasteiger partial charge in [0.25, 0.3) is 11.4 Å². The summed E-state index contributed by atoms with van der Waals surface area (Å²) >= 11 is 0. The Labute approximate surface area is 89.7 Å². The topological polar surface area (TPSA) is 105 Å². The van der Waals surface area contributed by atoms with Crippen molar-refractivity contribution in [2.24, 2.45) is 0 Å². The molecule has 0 saturated carbocycles. The van der Waals surface area contributed by atoms with Gasteiger partial charge in [0.2, 0.25) is 0 Å². The fourth-order valence-corrected chi connectivity index (χ4v) is 0.989. The number of ether oxygens (including phenoxy) is 2. The van der Waals surface area contributed by atoms with Crippen LogP contribution < -0.4 is 4.74 Å². The number of benzene rings is 1. The fourth-order valence-electron chi connectivity index (χ4n) is 0.989. The van der Waals surface area contributed by atoms with Crippen LogP contribution in [0.25, 0.3) is 0 Å². The van der Waals surface area contributed by atoms with Gasteiger partial charge in [-0.25, -0.2) is 0 Å². The average Bonchev–Trinajstić information content (AvgIpc) is 2.25. The van der Waals surface area contributed by atoms with Crippen molar-refractivity contribution < 1.29 is 19.3 Å². The van der Waals surface area contributed by atoms with Crippen LogP contribution >= 0.6 is 0 Å².